The topological polar surface area (TPSA) is 33.4 Å². The standard InChI is InChI=1S/C13H14O2/c14-9-13(4-5-13)8-10-1-2-12-11(7-10)3-6-15-12/h1-3,6-7,14H,4-5,8-9H2. The Bertz CT molecular complexity index is 480. The number of hydrogen-bond acceptors (Lipinski definition) is 2. The first-order valence-corrected chi connectivity index (χ1v) is 5.38. The van der Waals surface area contributed by atoms with Gasteiger partial charge >= 0.3 is 0 Å². The number of aliphatic hydroxyl groups is 1. The maximum Gasteiger partial charge on any atom is 0.133 e. The predicted molar refractivity (Wildman–Crippen MR) is 58.7 cm³/mol. The van der Waals surface area contributed by atoms with Crippen molar-refractivity contribution in [3.63, 3.8) is 0 Å². The van der Waals surface area contributed by atoms with Gasteiger partial charge in [0, 0.05) is 12.0 Å². The summed E-state index contributed by atoms with van der Waals surface area (Å²) in [6, 6.07) is 8.26. The molecule has 1 saturated carbocycles. The number of aliphatic hydroxyl groups excluding tert-OH is 1. The van der Waals surface area contributed by atoms with Crippen LogP contribution >= 0.6 is 0 Å². The second-order valence-corrected chi connectivity index (χ2v) is 4.63. The molecule has 2 nitrogen and oxygen atoms in total. The molecule has 2 heteroatoms. The minimum Gasteiger partial charge on any atom is -0.464 e. The highest BCUT2D eigenvalue weighted by atomic mass is 16.3. The van der Waals surface area contributed by atoms with Crippen molar-refractivity contribution in [3.05, 3.63) is 36.1 Å². The van der Waals surface area contributed by atoms with Crippen LogP contribution in [0.1, 0.15) is 18.4 Å². The summed E-state index contributed by atoms with van der Waals surface area (Å²) in [6.45, 7) is 0.316. The molecular formula is C13H14O2. The molecule has 78 valence electrons. The van der Waals surface area contributed by atoms with E-state index >= 15 is 0 Å². The van der Waals surface area contributed by atoms with E-state index in [1.165, 1.54) is 5.56 Å². The van der Waals surface area contributed by atoms with E-state index in [1.54, 1.807) is 6.26 Å². The van der Waals surface area contributed by atoms with Crippen LogP contribution in [0.2, 0.25) is 0 Å². The van der Waals surface area contributed by atoms with Gasteiger partial charge < -0.3 is 9.52 Å². The highest BCUT2D eigenvalue weighted by Crippen LogP contribution is 2.47. The third kappa shape index (κ3) is 1.55. The molecule has 0 atom stereocenters. The molecule has 0 spiro atoms. The zero-order valence-electron chi connectivity index (χ0n) is 8.57. The number of furan rings is 1. The van der Waals surface area contributed by atoms with Crippen molar-refractivity contribution in [1.82, 2.24) is 0 Å². The highest BCUT2D eigenvalue weighted by molar-refractivity contribution is 5.77. The predicted octanol–water partition coefficient (Wildman–Crippen LogP) is 2.75. The van der Waals surface area contributed by atoms with Gasteiger partial charge in [0.15, 0.2) is 0 Å². The molecule has 1 N–H and O–H groups in total. The maximum absolute atomic E-state index is 9.27. The van der Waals surface area contributed by atoms with Crippen LogP contribution in [0.15, 0.2) is 34.9 Å². The molecule has 0 saturated heterocycles. The van der Waals surface area contributed by atoms with Gasteiger partial charge in [-0.05, 0) is 48.4 Å². The van der Waals surface area contributed by atoms with Gasteiger partial charge in [-0.15, -0.1) is 0 Å². The fourth-order valence-corrected chi connectivity index (χ4v) is 2.13. The molecule has 3 rings (SSSR count). The Morgan fingerprint density at radius 3 is 2.87 bits per heavy atom. The molecule has 1 aliphatic carbocycles. The largest absolute Gasteiger partial charge is 0.464 e. The first-order chi connectivity index (χ1) is 7.31. The fraction of sp³-hybridized carbons (Fsp3) is 0.385. The lowest BCUT2D eigenvalue weighted by Crippen LogP contribution is -2.09. The normalized spacial score (nSPS) is 18.2. The third-order valence-corrected chi connectivity index (χ3v) is 3.39. The Morgan fingerprint density at radius 1 is 1.27 bits per heavy atom. The Balaban J connectivity index is 1.91. The molecule has 0 radical (unpaired) electrons. The number of benzene rings is 1. The molecule has 1 aliphatic rings. The van der Waals surface area contributed by atoms with E-state index < -0.39 is 0 Å². The van der Waals surface area contributed by atoms with Crippen LogP contribution in [0.25, 0.3) is 11.0 Å². The van der Waals surface area contributed by atoms with Gasteiger partial charge in [-0.2, -0.15) is 0 Å². The molecule has 15 heavy (non-hydrogen) atoms. The summed E-state index contributed by atoms with van der Waals surface area (Å²) in [5, 5.41) is 10.4. The molecular weight excluding hydrogens is 188 g/mol. The van der Waals surface area contributed by atoms with E-state index in [4.69, 9.17) is 4.42 Å². The SMILES string of the molecule is OCC1(Cc2ccc3occc3c2)CC1. The van der Waals surface area contributed by atoms with E-state index in [2.05, 4.69) is 12.1 Å². The Labute approximate surface area is 88.5 Å². The van der Waals surface area contributed by atoms with Gasteiger partial charge in [-0.3, -0.25) is 0 Å². The van der Waals surface area contributed by atoms with E-state index in [0.717, 1.165) is 30.2 Å². The lowest BCUT2D eigenvalue weighted by molar-refractivity contribution is 0.211. The molecule has 1 aromatic carbocycles. The van der Waals surface area contributed by atoms with Crippen LogP contribution in [0.3, 0.4) is 0 Å². The van der Waals surface area contributed by atoms with Gasteiger partial charge in [0.25, 0.3) is 0 Å². The highest BCUT2D eigenvalue weighted by Gasteiger charge is 2.41. The van der Waals surface area contributed by atoms with Crippen LogP contribution < -0.4 is 0 Å². The zero-order valence-corrected chi connectivity index (χ0v) is 8.57. The quantitative estimate of drug-likeness (QED) is 0.830. The summed E-state index contributed by atoms with van der Waals surface area (Å²) in [5.74, 6) is 0. The van der Waals surface area contributed by atoms with Gasteiger partial charge in [0.05, 0.1) is 6.26 Å². The lowest BCUT2D eigenvalue weighted by Gasteiger charge is -2.10. The molecule has 1 heterocycles. The van der Waals surface area contributed by atoms with Crippen molar-refractivity contribution in [2.45, 2.75) is 19.3 Å². The van der Waals surface area contributed by atoms with E-state index in [1.807, 2.05) is 12.1 Å². The summed E-state index contributed by atoms with van der Waals surface area (Å²) in [5.41, 5.74) is 2.43. The van der Waals surface area contributed by atoms with Crippen molar-refractivity contribution in [2.75, 3.05) is 6.61 Å². The Hall–Kier alpha value is -1.28. The number of fused-ring (bicyclic) bond motifs is 1. The van der Waals surface area contributed by atoms with E-state index in [9.17, 15) is 5.11 Å². The minimum atomic E-state index is 0.192. The number of hydrogen-bond donors (Lipinski definition) is 1. The first kappa shape index (κ1) is 8.98. The molecule has 0 bridgehead atoms. The van der Waals surface area contributed by atoms with Gasteiger partial charge in [-0.25, -0.2) is 0 Å². The smallest absolute Gasteiger partial charge is 0.133 e. The van der Waals surface area contributed by atoms with Crippen LogP contribution in [0.4, 0.5) is 0 Å². The van der Waals surface area contributed by atoms with Crippen LogP contribution in [0, 0.1) is 5.41 Å². The van der Waals surface area contributed by atoms with Crippen molar-refractivity contribution in [3.8, 4) is 0 Å². The lowest BCUT2D eigenvalue weighted by atomic mass is 9.97. The summed E-state index contributed by atoms with van der Waals surface area (Å²) in [7, 11) is 0. The Kier molecular flexibility index (Phi) is 1.86. The van der Waals surface area contributed by atoms with Crippen LogP contribution in [0.5, 0.6) is 0 Å². The third-order valence-electron chi connectivity index (χ3n) is 3.39. The van der Waals surface area contributed by atoms with Gasteiger partial charge in [-0.1, -0.05) is 6.07 Å². The molecule has 2 aromatic rings. The van der Waals surface area contributed by atoms with Crippen LogP contribution in [-0.4, -0.2) is 11.7 Å². The average Bonchev–Trinajstić information content (AvgIpc) is 2.88. The van der Waals surface area contributed by atoms with E-state index in [-0.39, 0.29) is 5.41 Å². The summed E-state index contributed by atoms with van der Waals surface area (Å²) < 4.78 is 5.30. The summed E-state index contributed by atoms with van der Waals surface area (Å²) in [6.07, 6.45) is 5.03. The second-order valence-electron chi connectivity index (χ2n) is 4.63. The van der Waals surface area contributed by atoms with E-state index in [0.29, 0.717) is 6.61 Å². The monoisotopic (exact) mass is 202 g/mol. The van der Waals surface area contributed by atoms with Crippen molar-refractivity contribution in [1.29, 1.82) is 0 Å². The summed E-state index contributed by atoms with van der Waals surface area (Å²) in [4.78, 5) is 0. The van der Waals surface area contributed by atoms with Gasteiger partial charge in [0.1, 0.15) is 5.58 Å². The van der Waals surface area contributed by atoms with Crippen molar-refractivity contribution in [2.24, 2.45) is 5.41 Å². The molecule has 0 aliphatic heterocycles. The van der Waals surface area contributed by atoms with Crippen molar-refractivity contribution < 1.29 is 9.52 Å². The Morgan fingerprint density at radius 2 is 2.13 bits per heavy atom. The summed E-state index contributed by atoms with van der Waals surface area (Å²) >= 11 is 0. The average molecular weight is 202 g/mol. The fourth-order valence-electron chi connectivity index (χ4n) is 2.13. The molecule has 1 aromatic heterocycles. The van der Waals surface area contributed by atoms with Gasteiger partial charge in [0.2, 0.25) is 0 Å². The van der Waals surface area contributed by atoms with Crippen LogP contribution in [-0.2, 0) is 6.42 Å². The zero-order chi connectivity index (χ0) is 10.3. The number of rotatable bonds is 3. The molecule has 0 unspecified atom stereocenters. The maximum atomic E-state index is 9.27. The molecule has 0 amide bonds. The minimum absolute atomic E-state index is 0.192. The van der Waals surface area contributed by atoms with Crippen molar-refractivity contribution >= 4 is 11.0 Å². The first-order valence-electron chi connectivity index (χ1n) is 5.38. The second kappa shape index (κ2) is 3.11. The molecule has 1 fully saturated rings.